The maximum atomic E-state index is 11.8. The predicted octanol–water partition coefficient (Wildman–Crippen LogP) is 3.25. The van der Waals surface area contributed by atoms with Crippen LogP contribution in [0.1, 0.15) is 28.6 Å². The van der Waals surface area contributed by atoms with Crippen LogP contribution in [0.15, 0.2) is 30.3 Å². The van der Waals surface area contributed by atoms with E-state index in [9.17, 15) is 4.79 Å². The second-order valence-corrected chi connectivity index (χ2v) is 5.93. The quantitative estimate of drug-likeness (QED) is 0.851. The van der Waals surface area contributed by atoms with Gasteiger partial charge < -0.3 is 10.3 Å². The molecule has 2 aromatic rings. The van der Waals surface area contributed by atoms with Gasteiger partial charge in [-0.15, -0.1) is 11.3 Å². The molecule has 4 nitrogen and oxygen atoms in total. The molecule has 0 aromatic carbocycles. The third-order valence-electron chi connectivity index (χ3n) is 3.67. The number of carbonyl (C=O) groups is 1. The lowest BCUT2D eigenvalue weighted by Crippen LogP contribution is -2.17. The molecule has 1 unspecified atom stereocenters. The number of H-pyrrole nitrogens is 1. The van der Waals surface area contributed by atoms with Gasteiger partial charge in [-0.25, -0.2) is 4.98 Å². The van der Waals surface area contributed by atoms with E-state index in [0.29, 0.717) is 0 Å². The Kier molecular flexibility index (Phi) is 3.75. The molecule has 0 radical (unpaired) electrons. The lowest BCUT2D eigenvalue weighted by Gasteiger charge is -2.01. The molecule has 0 aliphatic carbocycles. The van der Waals surface area contributed by atoms with Crippen molar-refractivity contribution in [1.29, 1.82) is 0 Å². The van der Waals surface area contributed by atoms with Gasteiger partial charge in [0.25, 0.3) is 0 Å². The molecule has 108 valence electrons. The van der Waals surface area contributed by atoms with Gasteiger partial charge in [0.05, 0.1) is 11.6 Å². The highest BCUT2D eigenvalue weighted by Crippen LogP contribution is 2.33. The predicted molar refractivity (Wildman–Crippen MR) is 86.2 cm³/mol. The van der Waals surface area contributed by atoms with Crippen molar-refractivity contribution in [2.75, 3.05) is 6.54 Å². The number of allylic oxidation sites excluding steroid dienone is 2. The minimum atomic E-state index is -0.0871. The van der Waals surface area contributed by atoms with Gasteiger partial charge in [0.1, 0.15) is 5.01 Å². The summed E-state index contributed by atoms with van der Waals surface area (Å²) in [5.74, 6) is 0.00359. The zero-order valence-corrected chi connectivity index (χ0v) is 12.7. The van der Waals surface area contributed by atoms with Crippen molar-refractivity contribution < 1.29 is 4.79 Å². The number of amides is 1. The topological polar surface area (TPSA) is 57.8 Å². The smallest absolute Gasteiger partial charge is 0.230 e. The number of hydrogen-bond donors (Lipinski definition) is 2. The van der Waals surface area contributed by atoms with Crippen LogP contribution < -0.4 is 5.32 Å². The van der Waals surface area contributed by atoms with Crippen LogP contribution in [0.2, 0.25) is 0 Å². The molecule has 1 fully saturated rings. The van der Waals surface area contributed by atoms with Gasteiger partial charge in [-0.05, 0) is 13.3 Å². The molecule has 1 aliphatic heterocycles. The minimum absolute atomic E-state index is 0.0871. The summed E-state index contributed by atoms with van der Waals surface area (Å²) in [4.78, 5) is 19.7. The van der Waals surface area contributed by atoms with E-state index >= 15 is 0 Å². The Morgan fingerprint density at radius 1 is 1.52 bits per heavy atom. The first-order chi connectivity index (χ1) is 10.2. The molecule has 1 atom stereocenters. The van der Waals surface area contributed by atoms with Crippen molar-refractivity contribution in [2.45, 2.75) is 19.3 Å². The Balaban J connectivity index is 1.95. The standard InChI is InChI=1S/C16H17N3OS/c1-3-4-5-11-10(2)18-8-13(11)14-9-21-16(19-14)12-6-7-17-15(12)20/h3-5,8-9,12,18H,1,6-7H2,2H3,(H,17,20)/b5-4-. The van der Waals surface area contributed by atoms with E-state index in [0.717, 1.165) is 40.5 Å². The van der Waals surface area contributed by atoms with Crippen molar-refractivity contribution in [3.63, 3.8) is 0 Å². The highest BCUT2D eigenvalue weighted by Gasteiger charge is 2.28. The molecule has 2 N–H and O–H groups in total. The van der Waals surface area contributed by atoms with Gasteiger partial charge >= 0.3 is 0 Å². The van der Waals surface area contributed by atoms with Crippen molar-refractivity contribution >= 4 is 23.3 Å². The van der Waals surface area contributed by atoms with Crippen LogP contribution in [0.5, 0.6) is 0 Å². The second kappa shape index (κ2) is 5.69. The summed E-state index contributed by atoms with van der Waals surface area (Å²) in [6.07, 6.45) is 8.49. The van der Waals surface area contributed by atoms with E-state index in [-0.39, 0.29) is 11.8 Å². The molecule has 0 bridgehead atoms. The normalized spacial score (nSPS) is 18.3. The van der Waals surface area contributed by atoms with Crippen LogP contribution in [-0.2, 0) is 4.79 Å². The Morgan fingerprint density at radius 2 is 2.38 bits per heavy atom. The molecule has 0 spiro atoms. The molecule has 3 rings (SSSR count). The third kappa shape index (κ3) is 2.56. The summed E-state index contributed by atoms with van der Waals surface area (Å²) in [7, 11) is 0. The average molecular weight is 299 g/mol. The summed E-state index contributed by atoms with van der Waals surface area (Å²) in [6, 6.07) is 0. The number of hydrogen-bond acceptors (Lipinski definition) is 3. The summed E-state index contributed by atoms with van der Waals surface area (Å²) >= 11 is 1.56. The number of carbonyl (C=O) groups excluding carboxylic acids is 1. The SMILES string of the molecule is C=C/C=C\c1c(-c2csc(C3CCNC3=O)n2)c[nH]c1C. The fourth-order valence-corrected chi connectivity index (χ4v) is 3.48. The lowest BCUT2D eigenvalue weighted by molar-refractivity contribution is -0.120. The van der Waals surface area contributed by atoms with Gasteiger partial charge in [0.2, 0.25) is 5.91 Å². The Morgan fingerprint density at radius 3 is 3.10 bits per heavy atom. The summed E-state index contributed by atoms with van der Waals surface area (Å²) < 4.78 is 0. The van der Waals surface area contributed by atoms with E-state index in [1.54, 1.807) is 17.4 Å². The second-order valence-electron chi connectivity index (χ2n) is 5.04. The van der Waals surface area contributed by atoms with E-state index in [1.165, 1.54) is 0 Å². The zero-order valence-electron chi connectivity index (χ0n) is 11.8. The van der Waals surface area contributed by atoms with Gasteiger partial charge in [-0.3, -0.25) is 4.79 Å². The molecular weight excluding hydrogens is 282 g/mol. The lowest BCUT2D eigenvalue weighted by atomic mass is 10.1. The molecule has 3 heterocycles. The number of aromatic amines is 1. The molecule has 0 saturated carbocycles. The number of thiazole rings is 1. The zero-order chi connectivity index (χ0) is 14.8. The first-order valence-corrected chi connectivity index (χ1v) is 7.79. The first-order valence-electron chi connectivity index (χ1n) is 6.91. The van der Waals surface area contributed by atoms with Gasteiger partial charge in [-0.2, -0.15) is 0 Å². The maximum Gasteiger partial charge on any atom is 0.230 e. The maximum absolute atomic E-state index is 11.8. The van der Waals surface area contributed by atoms with Crippen LogP contribution in [0.3, 0.4) is 0 Å². The van der Waals surface area contributed by atoms with Crippen LogP contribution in [0.4, 0.5) is 0 Å². The van der Waals surface area contributed by atoms with Crippen molar-refractivity contribution in [3.8, 4) is 11.3 Å². The van der Waals surface area contributed by atoms with E-state index in [1.807, 2.05) is 30.7 Å². The highest BCUT2D eigenvalue weighted by molar-refractivity contribution is 7.10. The van der Waals surface area contributed by atoms with Gasteiger partial charge in [0, 0.05) is 34.9 Å². The van der Waals surface area contributed by atoms with E-state index < -0.39 is 0 Å². The monoisotopic (exact) mass is 299 g/mol. The fourth-order valence-electron chi connectivity index (χ4n) is 2.53. The highest BCUT2D eigenvalue weighted by atomic mass is 32.1. The number of aryl methyl sites for hydroxylation is 1. The van der Waals surface area contributed by atoms with E-state index in [4.69, 9.17) is 0 Å². The minimum Gasteiger partial charge on any atom is -0.364 e. The van der Waals surface area contributed by atoms with Crippen LogP contribution in [0, 0.1) is 6.92 Å². The number of rotatable bonds is 4. The molecule has 21 heavy (non-hydrogen) atoms. The summed E-state index contributed by atoms with van der Waals surface area (Å²) in [6.45, 7) is 6.48. The molecule has 1 saturated heterocycles. The summed E-state index contributed by atoms with van der Waals surface area (Å²) in [5.41, 5.74) is 4.19. The molecule has 5 heteroatoms. The number of nitrogens with zero attached hydrogens (tertiary/aromatic N) is 1. The third-order valence-corrected chi connectivity index (χ3v) is 4.63. The van der Waals surface area contributed by atoms with Gasteiger partial charge in [-0.1, -0.05) is 24.8 Å². The Labute approximate surface area is 127 Å². The number of aromatic nitrogens is 2. The molecule has 2 aromatic heterocycles. The molecule has 1 aliphatic rings. The molecular formula is C16H17N3OS. The van der Waals surface area contributed by atoms with Gasteiger partial charge in [0.15, 0.2) is 0 Å². The Bertz CT molecular complexity index is 711. The van der Waals surface area contributed by atoms with Crippen molar-refractivity contribution in [3.05, 3.63) is 46.6 Å². The average Bonchev–Trinajstić information content (AvgIpc) is 3.16. The first kappa shape index (κ1) is 13.8. The van der Waals surface area contributed by atoms with Crippen molar-refractivity contribution in [2.24, 2.45) is 0 Å². The van der Waals surface area contributed by atoms with Crippen molar-refractivity contribution in [1.82, 2.24) is 15.3 Å². The van der Waals surface area contributed by atoms with Crippen LogP contribution >= 0.6 is 11.3 Å². The van der Waals surface area contributed by atoms with E-state index in [2.05, 4.69) is 21.9 Å². The Hall–Kier alpha value is -2.14. The summed E-state index contributed by atoms with van der Waals surface area (Å²) in [5, 5.41) is 5.78. The molecule has 1 amide bonds. The fraction of sp³-hybridized carbons (Fsp3) is 0.250. The van der Waals surface area contributed by atoms with Crippen LogP contribution in [-0.4, -0.2) is 22.4 Å². The van der Waals surface area contributed by atoms with Crippen LogP contribution in [0.25, 0.3) is 17.3 Å². The largest absolute Gasteiger partial charge is 0.364 e. The number of nitrogens with one attached hydrogen (secondary N) is 2.